The van der Waals surface area contributed by atoms with Crippen molar-refractivity contribution in [2.75, 3.05) is 6.61 Å². The third-order valence-corrected chi connectivity index (χ3v) is 5.30. The highest BCUT2D eigenvalue weighted by Crippen LogP contribution is 2.41. The second-order valence-corrected chi connectivity index (χ2v) is 7.51. The van der Waals surface area contributed by atoms with E-state index >= 15 is 0 Å². The Morgan fingerprint density at radius 2 is 2.00 bits per heavy atom. The Balaban J connectivity index is 1.99. The maximum Gasteiger partial charge on any atom is 0.123 e. The molecule has 0 saturated carbocycles. The van der Waals surface area contributed by atoms with Gasteiger partial charge in [0.25, 0.3) is 0 Å². The predicted molar refractivity (Wildman–Crippen MR) is 82.8 cm³/mol. The van der Waals surface area contributed by atoms with Gasteiger partial charge in [-0.25, -0.2) is 0 Å². The molecule has 1 unspecified atom stereocenters. The van der Waals surface area contributed by atoms with E-state index in [4.69, 9.17) is 4.74 Å². The minimum absolute atomic E-state index is 0.0202. The fraction of sp³-hybridized carbons (Fsp3) is 0.412. The first-order valence-electron chi connectivity index (χ1n) is 6.91. The summed E-state index contributed by atoms with van der Waals surface area (Å²) < 4.78 is 5.70. The highest BCUT2D eigenvalue weighted by Gasteiger charge is 2.32. The molecule has 0 spiro atoms. The summed E-state index contributed by atoms with van der Waals surface area (Å²) in [5.74, 6) is 0.949. The molecule has 1 aromatic heterocycles. The Kier molecular flexibility index (Phi) is 3.14. The van der Waals surface area contributed by atoms with Crippen LogP contribution in [-0.4, -0.2) is 11.7 Å². The van der Waals surface area contributed by atoms with Gasteiger partial charge in [0, 0.05) is 20.7 Å². The summed E-state index contributed by atoms with van der Waals surface area (Å²) in [6.45, 7) is 9.24. The topological polar surface area (TPSA) is 29.5 Å². The van der Waals surface area contributed by atoms with Crippen molar-refractivity contribution >= 4 is 11.3 Å². The first kappa shape index (κ1) is 13.7. The molecule has 2 aromatic rings. The van der Waals surface area contributed by atoms with E-state index in [9.17, 15) is 5.11 Å². The van der Waals surface area contributed by atoms with Crippen LogP contribution in [0.4, 0.5) is 0 Å². The van der Waals surface area contributed by atoms with E-state index in [1.807, 2.05) is 12.1 Å². The number of aliphatic hydroxyl groups excluding tert-OH is 1. The molecule has 106 valence electrons. The minimum Gasteiger partial charge on any atom is -0.492 e. The van der Waals surface area contributed by atoms with Crippen molar-refractivity contribution in [1.82, 2.24) is 0 Å². The molecule has 0 amide bonds. The van der Waals surface area contributed by atoms with Gasteiger partial charge in [-0.2, -0.15) is 0 Å². The zero-order valence-electron chi connectivity index (χ0n) is 12.4. The number of aliphatic hydroxyl groups is 1. The molecular formula is C17H20O2S. The number of rotatable bonds is 2. The summed E-state index contributed by atoms with van der Waals surface area (Å²) in [4.78, 5) is 2.28. The lowest BCUT2D eigenvalue weighted by Gasteiger charge is -2.17. The van der Waals surface area contributed by atoms with Crippen molar-refractivity contribution in [2.24, 2.45) is 0 Å². The molecule has 0 radical (unpaired) electrons. The Labute approximate surface area is 124 Å². The quantitative estimate of drug-likeness (QED) is 0.901. The molecule has 1 N–H and O–H groups in total. The van der Waals surface area contributed by atoms with Gasteiger partial charge in [0.1, 0.15) is 11.9 Å². The Morgan fingerprint density at radius 1 is 1.25 bits per heavy atom. The molecule has 3 rings (SSSR count). The van der Waals surface area contributed by atoms with Gasteiger partial charge in [0.15, 0.2) is 0 Å². The lowest BCUT2D eigenvalue weighted by Crippen LogP contribution is -2.18. The van der Waals surface area contributed by atoms with Crippen molar-refractivity contribution in [2.45, 2.75) is 39.2 Å². The normalized spacial score (nSPS) is 17.6. The van der Waals surface area contributed by atoms with Crippen molar-refractivity contribution in [3.63, 3.8) is 0 Å². The SMILES string of the molecule is Cc1cc(C(O)c2ccc3c(c2)C(C)(C)CO3)sc1C. The van der Waals surface area contributed by atoms with Gasteiger partial charge in [-0.3, -0.25) is 0 Å². The van der Waals surface area contributed by atoms with Crippen LogP contribution in [0.15, 0.2) is 24.3 Å². The van der Waals surface area contributed by atoms with Crippen molar-refractivity contribution in [3.05, 3.63) is 50.7 Å². The third kappa shape index (κ3) is 2.15. The number of fused-ring (bicyclic) bond motifs is 1. The van der Waals surface area contributed by atoms with Gasteiger partial charge in [-0.15, -0.1) is 11.3 Å². The van der Waals surface area contributed by atoms with E-state index in [0.717, 1.165) is 16.2 Å². The van der Waals surface area contributed by atoms with Crippen LogP contribution in [0.2, 0.25) is 0 Å². The molecule has 20 heavy (non-hydrogen) atoms. The molecular weight excluding hydrogens is 268 g/mol. The summed E-state index contributed by atoms with van der Waals surface area (Å²) >= 11 is 1.67. The van der Waals surface area contributed by atoms with Gasteiger partial charge < -0.3 is 9.84 Å². The molecule has 1 atom stereocenters. The van der Waals surface area contributed by atoms with Crippen LogP contribution in [0.3, 0.4) is 0 Å². The van der Waals surface area contributed by atoms with Gasteiger partial charge in [0.05, 0.1) is 6.61 Å². The molecule has 1 aliphatic rings. The second kappa shape index (κ2) is 4.61. The third-order valence-electron chi connectivity index (χ3n) is 4.09. The first-order chi connectivity index (χ1) is 9.38. The zero-order chi connectivity index (χ0) is 14.5. The Bertz CT molecular complexity index is 636. The van der Waals surface area contributed by atoms with Crippen LogP contribution in [0.25, 0.3) is 0 Å². The van der Waals surface area contributed by atoms with Crippen molar-refractivity contribution in [3.8, 4) is 5.75 Å². The van der Waals surface area contributed by atoms with E-state index in [0.29, 0.717) is 6.61 Å². The molecule has 2 heterocycles. The summed E-state index contributed by atoms with van der Waals surface area (Å²) in [5.41, 5.74) is 3.41. The summed E-state index contributed by atoms with van der Waals surface area (Å²) in [6.07, 6.45) is -0.547. The maximum absolute atomic E-state index is 10.6. The molecule has 0 fully saturated rings. The fourth-order valence-electron chi connectivity index (χ4n) is 2.61. The van der Waals surface area contributed by atoms with Gasteiger partial charge >= 0.3 is 0 Å². The summed E-state index contributed by atoms with van der Waals surface area (Å²) in [7, 11) is 0. The number of thiophene rings is 1. The molecule has 1 aromatic carbocycles. The van der Waals surface area contributed by atoms with Gasteiger partial charge in [-0.1, -0.05) is 19.9 Å². The monoisotopic (exact) mass is 288 g/mol. The van der Waals surface area contributed by atoms with Crippen LogP contribution in [-0.2, 0) is 5.41 Å². The Hall–Kier alpha value is -1.32. The van der Waals surface area contributed by atoms with Gasteiger partial charge in [0.2, 0.25) is 0 Å². The Morgan fingerprint density at radius 3 is 2.65 bits per heavy atom. The molecule has 0 saturated heterocycles. The van der Waals surface area contributed by atoms with Crippen LogP contribution in [0, 0.1) is 13.8 Å². The highest BCUT2D eigenvalue weighted by atomic mass is 32.1. The highest BCUT2D eigenvalue weighted by molar-refractivity contribution is 7.12. The lowest BCUT2D eigenvalue weighted by atomic mass is 9.85. The van der Waals surface area contributed by atoms with Crippen LogP contribution < -0.4 is 4.74 Å². The summed E-state index contributed by atoms with van der Waals surface area (Å²) in [6, 6.07) is 8.13. The molecule has 2 nitrogen and oxygen atoms in total. The largest absolute Gasteiger partial charge is 0.492 e. The number of ether oxygens (including phenoxy) is 1. The number of hydrogen-bond donors (Lipinski definition) is 1. The van der Waals surface area contributed by atoms with Crippen LogP contribution in [0.5, 0.6) is 5.75 Å². The van der Waals surface area contributed by atoms with Gasteiger partial charge in [-0.05, 0) is 43.2 Å². The lowest BCUT2D eigenvalue weighted by molar-refractivity contribution is 0.224. The number of hydrogen-bond acceptors (Lipinski definition) is 3. The van der Waals surface area contributed by atoms with Crippen LogP contribution >= 0.6 is 11.3 Å². The van der Waals surface area contributed by atoms with E-state index in [2.05, 4.69) is 39.8 Å². The first-order valence-corrected chi connectivity index (χ1v) is 7.72. The molecule has 0 aliphatic carbocycles. The molecule has 1 aliphatic heterocycles. The summed E-state index contributed by atoms with van der Waals surface area (Å²) in [5, 5.41) is 10.6. The zero-order valence-corrected chi connectivity index (χ0v) is 13.2. The molecule has 0 bridgehead atoms. The standard InChI is InChI=1S/C17H20O2S/c1-10-7-15(20-11(10)2)16(18)12-5-6-14-13(8-12)17(3,4)9-19-14/h5-8,16,18H,9H2,1-4H3. The average Bonchev–Trinajstić information content (AvgIpc) is 2.90. The van der Waals surface area contributed by atoms with Crippen LogP contribution in [0.1, 0.15) is 46.4 Å². The smallest absolute Gasteiger partial charge is 0.123 e. The fourth-order valence-corrected chi connectivity index (χ4v) is 3.67. The number of aryl methyl sites for hydroxylation is 2. The van der Waals surface area contributed by atoms with Crippen molar-refractivity contribution in [1.29, 1.82) is 0 Å². The maximum atomic E-state index is 10.6. The van der Waals surface area contributed by atoms with E-state index in [1.54, 1.807) is 11.3 Å². The van der Waals surface area contributed by atoms with E-state index < -0.39 is 6.10 Å². The predicted octanol–water partition coefficient (Wildman–Crippen LogP) is 4.12. The molecule has 3 heteroatoms. The van der Waals surface area contributed by atoms with Crippen molar-refractivity contribution < 1.29 is 9.84 Å². The van der Waals surface area contributed by atoms with E-state index in [1.165, 1.54) is 16.0 Å². The average molecular weight is 288 g/mol. The number of benzene rings is 1. The minimum atomic E-state index is -0.547. The second-order valence-electron chi connectivity index (χ2n) is 6.22. The van der Waals surface area contributed by atoms with E-state index in [-0.39, 0.29) is 5.41 Å².